The van der Waals surface area contributed by atoms with Crippen LogP contribution >= 0.6 is 34.8 Å². The van der Waals surface area contributed by atoms with E-state index < -0.39 is 0 Å². The molecule has 3 aromatic carbocycles. The molecule has 4 rings (SSSR count). The minimum Gasteiger partial charge on any atom is -0.497 e. The normalized spacial score (nSPS) is 11.7. The summed E-state index contributed by atoms with van der Waals surface area (Å²) in [6, 6.07) is 20.2. The van der Waals surface area contributed by atoms with Crippen molar-refractivity contribution in [3.05, 3.63) is 93.6 Å². The van der Waals surface area contributed by atoms with E-state index in [1.807, 2.05) is 48.5 Å². The van der Waals surface area contributed by atoms with Gasteiger partial charge in [0.2, 0.25) is 0 Å². The summed E-state index contributed by atoms with van der Waals surface area (Å²) in [5.41, 5.74) is 3.30. The molecular weight excluding hydrogens is 543 g/mol. The van der Waals surface area contributed by atoms with Gasteiger partial charge in [-0.2, -0.15) is 0 Å². The van der Waals surface area contributed by atoms with Gasteiger partial charge in [0.15, 0.2) is 0 Å². The number of urea groups is 1. The van der Waals surface area contributed by atoms with Crippen LogP contribution in [0, 0.1) is 0 Å². The summed E-state index contributed by atoms with van der Waals surface area (Å²) >= 11 is 18.3. The Balaban J connectivity index is 1.43. The lowest BCUT2D eigenvalue weighted by Crippen LogP contribution is -2.35. The largest absolute Gasteiger partial charge is 0.497 e. The zero-order valence-electron chi connectivity index (χ0n) is 21.2. The highest BCUT2D eigenvalue weighted by Gasteiger charge is 2.17. The van der Waals surface area contributed by atoms with Crippen LogP contribution in [-0.4, -0.2) is 35.6 Å². The standard InChI is InChI=1S/C29H29Cl3N4O2/c1-19(34-27-17-24(38-2)15-21-6-3-13-33-28(21)27)5-4-14-36(18-20-7-9-22(30)10-8-20)29(37)35-26-12-11-23(31)16-25(26)32/h3,6-13,15-17,19,34H,4-5,14,18H2,1-2H3,(H,35,37). The molecule has 1 heterocycles. The van der Waals surface area contributed by atoms with Gasteiger partial charge < -0.3 is 20.3 Å². The lowest BCUT2D eigenvalue weighted by Gasteiger charge is -2.25. The second-order valence-corrected chi connectivity index (χ2v) is 10.3. The third-order valence-electron chi connectivity index (χ3n) is 6.13. The number of hydrogen-bond acceptors (Lipinski definition) is 4. The minimum absolute atomic E-state index is 0.137. The van der Waals surface area contributed by atoms with Gasteiger partial charge in [-0.3, -0.25) is 4.98 Å². The molecule has 0 saturated carbocycles. The number of benzene rings is 3. The Morgan fingerprint density at radius 3 is 2.50 bits per heavy atom. The molecule has 0 aliphatic rings. The molecule has 0 radical (unpaired) electrons. The van der Waals surface area contributed by atoms with Crippen LogP contribution in [-0.2, 0) is 6.54 Å². The van der Waals surface area contributed by atoms with Crippen molar-refractivity contribution in [2.45, 2.75) is 32.4 Å². The van der Waals surface area contributed by atoms with Crippen LogP contribution in [0.3, 0.4) is 0 Å². The number of nitrogens with one attached hydrogen (secondary N) is 2. The number of carbonyl (C=O) groups excluding carboxylic acids is 1. The molecule has 0 aliphatic heterocycles. The molecule has 4 aromatic rings. The van der Waals surface area contributed by atoms with Crippen molar-refractivity contribution >= 4 is 63.1 Å². The van der Waals surface area contributed by atoms with Crippen molar-refractivity contribution in [1.82, 2.24) is 9.88 Å². The number of pyridine rings is 1. The summed E-state index contributed by atoms with van der Waals surface area (Å²) in [6.07, 6.45) is 3.39. The number of hydrogen-bond donors (Lipinski definition) is 2. The average Bonchev–Trinajstić information content (AvgIpc) is 2.90. The SMILES string of the molecule is COc1cc(NC(C)CCCN(Cc2ccc(Cl)cc2)C(=O)Nc2ccc(Cl)cc2Cl)c2ncccc2c1. The number of halogens is 3. The second kappa shape index (κ2) is 13.1. The first-order valence-electron chi connectivity index (χ1n) is 12.3. The first-order chi connectivity index (χ1) is 18.3. The molecule has 2 N–H and O–H groups in total. The Bertz CT molecular complexity index is 1400. The number of rotatable bonds is 10. The fourth-order valence-electron chi connectivity index (χ4n) is 4.17. The zero-order chi connectivity index (χ0) is 27.1. The molecule has 1 unspecified atom stereocenters. The molecule has 0 bridgehead atoms. The van der Waals surface area contributed by atoms with E-state index in [1.165, 1.54) is 0 Å². The molecule has 2 amide bonds. The Labute approximate surface area is 237 Å². The first kappa shape index (κ1) is 27.8. The van der Waals surface area contributed by atoms with Crippen molar-refractivity contribution in [2.75, 3.05) is 24.3 Å². The smallest absolute Gasteiger partial charge is 0.322 e. The Morgan fingerprint density at radius 1 is 1.00 bits per heavy atom. The number of carbonyl (C=O) groups is 1. The van der Waals surface area contributed by atoms with E-state index in [-0.39, 0.29) is 12.1 Å². The molecule has 0 saturated heterocycles. The molecule has 0 aliphatic carbocycles. The summed E-state index contributed by atoms with van der Waals surface area (Å²) in [5, 5.41) is 9.02. The van der Waals surface area contributed by atoms with Crippen LogP contribution in [0.15, 0.2) is 72.9 Å². The molecule has 1 aromatic heterocycles. The van der Waals surface area contributed by atoms with Crippen molar-refractivity contribution in [3.63, 3.8) is 0 Å². The van der Waals surface area contributed by atoms with Gasteiger partial charge >= 0.3 is 6.03 Å². The van der Waals surface area contributed by atoms with Crippen molar-refractivity contribution in [2.24, 2.45) is 0 Å². The predicted molar refractivity (Wildman–Crippen MR) is 158 cm³/mol. The van der Waals surface area contributed by atoms with Gasteiger partial charge in [-0.1, -0.05) is 53.0 Å². The van der Waals surface area contributed by atoms with Gasteiger partial charge in [-0.05, 0) is 67.8 Å². The average molecular weight is 572 g/mol. The summed E-state index contributed by atoms with van der Waals surface area (Å²) < 4.78 is 5.47. The van der Waals surface area contributed by atoms with E-state index in [1.54, 1.807) is 36.4 Å². The van der Waals surface area contributed by atoms with Crippen LogP contribution in [0.1, 0.15) is 25.3 Å². The predicted octanol–water partition coefficient (Wildman–Crippen LogP) is 8.52. The van der Waals surface area contributed by atoms with Crippen molar-refractivity contribution in [3.8, 4) is 5.75 Å². The third kappa shape index (κ3) is 7.44. The maximum absolute atomic E-state index is 13.3. The molecule has 9 heteroatoms. The molecule has 0 spiro atoms. The van der Waals surface area contributed by atoms with E-state index in [2.05, 4.69) is 22.5 Å². The topological polar surface area (TPSA) is 66.5 Å². The molecular formula is C29H29Cl3N4O2. The summed E-state index contributed by atoms with van der Waals surface area (Å²) in [4.78, 5) is 19.6. The Hall–Kier alpha value is -3.19. The maximum Gasteiger partial charge on any atom is 0.322 e. The number of amides is 2. The molecule has 0 fully saturated rings. The van der Waals surface area contributed by atoms with Crippen molar-refractivity contribution in [1.29, 1.82) is 0 Å². The summed E-state index contributed by atoms with van der Waals surface area (Å²) in [5.74, 6) is 0.770. The number of fused-ring (bicyclic) bond motifs is 1. The minimum atomic E-state index is -0.243. The van der Waals surface area contributed by atoms with Gasteiger partial charge in [0, 0.05) is 46.8 Å². The number of methoxy groups -OCH3 is 1. The van der Waals surface area contributed by atoms with Gasteiger partial charge in [-0.25, -0.2) is 4.79 Å². The van der Waals surface area contributed by atoms with E-state index in [0.29, 0.717) is 33.8 Å². The van der Waals surface area contributed by atoms with Gasteiger partial charge in [0.1, 0.15) is 5.75 Å². The molecule has 38 heavy (non-hydrogen) atoms. The lowest BCUT2D eigenvalue weighted by molar-refractivity contribution is 0.207. The van der Waals surface area contributed by atoms with Crippen LogP contribution in [0.4, 0.5) is 16.2 Å². The molecule has 1 atom stereocenters. The fraction of sp³-hybridized carbons (Fsp3) is 0.241. The van der Waals surface area contributed by atoms with Crippen LogP contribution in [0.25, 0.3) is 10.9 Å². The zero-order valence-corrected chi connectivity index (χ0v) is 23.4. The maximum atomic E-state index is 13.3. The highest BCUT2D eigenvalue weighted by atomic mass is 35.5. The van der Waals surface area contributed by atoms with E-state index in [9.17, 15) is 4.79 Å². The summed E-state index contributed by atoms with van der Waals surface area (Å²) in [6.45, 7) is 3.09. The first-order valence-corrected chi connectivity index (χ1v) is 13.4. The lowest BCUT2D eigenvalue weighted by atomic mass is 10.1. The fourth-order valence-corrected chi connectivity index (χ4v) is 4.75. The monoisotopic (exact) mass is 570 g/mol. The quantitative estimate of drug-likeness (QED) is 0.200. The van der Waals surface area contributed by atoms with Gasteiger partial charge in [0.25, 0.3) is 0 Å². The number of anilines is 2. The van der Waals surface area contributed by atoms with E-state index in [4.69, 9.17) is 39.5 Å². The van der Waals surface area contributed by atoms with Gasteiger partial charge in [-0.15, -0.1) is 0 Å². The molecule has 6 nitrogen and oxygen atoms in total. The third-order valence-corrected chi connectivity index (χ3v) is 6.93. The number of aromatic nitrogens is 1. The van der Waals surface area contributed by atoms with Gasteiger partial charge in [0.05, 0.1) is 29.0 Å². The highest BCUT2D eigenvalue weighted by molar-refractivity contribution is 6.36. The van der Waals surface area contributed by atoms with Crippen LogP contribution in [0.5, 0.6) is 5.75 Å². The summed E-state index contributed by atoms with van der Waals surface area (Å²) in [7, 11) is 1.66. The Kier molecular flexibility index (Phi) is 9.56. The van der Waals surface area contributed by atoms with E-state index >= 15 is 0 Å². The van der Waals surface area contributed by atoms with Crippen molar-refractivity contribution < 1.29 is 9.53 Å². The second-order valence-electron chi connectivity index (χ2n) is 9.04. The Morgan fingerprint density at radius 2 is 1.76 bits per heavy atom. The number of nitrogens with zero attached hydrogens (tertiary/aromatic N) is 2. The van der Waals surface area contributed by atoms with Crippen LogP contribution < -0.4 is 15.4 Å². The highest BCUT2D eigenvalue weighted by Crippen LogP contribution is 2.29. The molecule has 198 valence electrons. The number of ether oxygens (including phenoxy) is 1. The van der Waals surface area contributed by atoms with Crippen LogP contribution in [0.2, 0.25) is 15.1 Å². The van der Waals surface area contributed by atoms with E-state index in [0.717, 1.165) is 40.7 Å².